The van der Waals surface area contributed by atoms with Crippen LogP contribution in [0.3, 0.4) is 0 Å². The van der Waals surface area contributed by atoms with Gasteiger partial charge in [-0.1, -0.05) is 72.8 Å². The Morgan fingerprint density at radius 1 is 0.750 bits per heavy atom. The van der Waals surface area contributed by atoms with Gasteiger partial charge >= 0.3 is 0 Å². The van der Waals surface area contributed by atoms with Gasteiger partial charge in [-0.05, 0) is 40.6 Å². The fourth-order valence-corrected chi connectivity index (χ4v) is 3.93. The molecule has 7 heteroatoms. The number of nitrogens with one attached hydrogen (secondary N) is 3. The molecule has 0 fully saturated rings. The van der Waals surface area contributed by atoms with Crippen LogP contribution in [0.5, 0.6) is 0 Å². The number of fused-ring (bicyclic) bond motifs is 1. The summed E-state index contributed by atoms with van der Waals surface area (Å²) in [7, 11) is 0. The Balaban J connectivity index is 1.53. The first-order valence-corrected chi connectivity index (χ1v) is 11.8. The summed E-state index contributed by atoms with van der Waals surface area (Å²) in [6.45, 7) is 0.597. The molecular formula is C29H28N4O3. The molecule has 0 aliphatic heterocycles. The smallest absolute Gasteiger partial charge is 0.255 e. The minimum absolute atomic E-state index is 0.260. The molecule has 0 aliphatic carbocycles. The predicted molar refractivity (Wildman–Crippen MR) is 142 cm³/mol. The molecule has 0 aromatic heterocycles. The highest BCUT2D eigenvalue weighted by molar-refractivity contribution is 6.10. The molecule has 5 N–H and O–H groups in total. The predicted octanol–water partition coefficient (Wildman–Crippen LogP) is 3.51. The maximum atomic E-state index is 13.3. The van der Waals surface area contributed by atoms with Gasteiger partial charge in [-0.25, -0.2) is 0 Å². The second-order valence-corrected chi connectivity index (χ2v) is 8.36. The molecule has 0 spiro atoms. The van der Waals surface area contributed by atoms with Gasteiger partial charge in [-0.3, -0.25) is 14.4 Å². The molecular weight excluding hydrogens is 452 g/mol. The number of hydrogen-bond acceptors (Lipinski definition) is 4. The number of rotatable bonds is 9. The van der Waals surface area contributed by atoms with Crippen LogP contribution in [0.1, 0.15) is 26.3 Å². The Morgan fingerprint density at radius 3 is 2.22 bits per heavy atom. The molecule has 0 radical (unpaired) electrons. The van der Waals surface area contributed by atoms with Crippen LogP contribution in [0.15, 0.2) is 97.1 Å². The first-order valence-electron chi connectivity index (χ1n) is 11.8. The van der Waals surface area contributed by atoms with Gasteiger partial charge in [0, 0.05) is 25.1 Å². The Morgan fingerprint density at radius 2 is 1.44 bits per heavy atom. The number of carbonyl (C=O) groups is 3. The normalized spacial score (nSPS) is 11.5. The van der Waals surface area contributed by atoms with Crippen LogP contribution in [0.4, 0.5) is 5.69 Å². The number of nitrogens with two attached hydrogens (primary N) is 1. The highest BCUT2D eigenvalue weighted by atomic mass is 16.2. The summed E-state index contributed by atoms with van der Waals surface area (Å²) in [4.78, 5) is 39.1. The first-order chi connectivity index (χ1) is 17.5. The lowest BCUT2D eigenvalue weighted by molar-refractivity contribution is -0.122. The summed E-state index contributed by atoms with van der Waals surface area (Å²) in [5.74, 6) is -1.12. The van der Waals surface area contributed by atoms with Crippen molar-refractivity contribution < 1.29 is 14.4 Å². The highest BCUT2D eigenvalue weighted by Crippen LogP contribution is 2.20. The molecule has 1 atom stereocenters. The minimum atomic E-state index is -0.810. The van der Waals surface area contributed by atoms with E-state index in [2.05, 4.69) is 16.0 Å². The number of para-hydroxylation sites is 1. The summed E-state index contributed by atoms with van der Waals surface area (Å²) < 4.78 is 0. The molecule has 36 heavy (non-hydrogen) atoms. The van der Waals surface area contributed by atoms with Crippen LogP contribution in [-0.4, -0.2) is 36.9 Å². The molecule has 182 valence electrons. The maximum Gasteiger partial charge on any atom is 0.255 e. The fraction of sp³-hybridized carbons (Fsp3) is 0.138. The quantitative estimate of drug-likeness (QED) is 0.294. The van der Waals surface area contributed by atoms with Crippen molar-refractivity contribution in [2.24, 2.45) is 5.73 Å². The van der Waals surface area contributed by atoms with Gasteiger partial charge in [0.25, 0.3) is 11.8 Å². The molecule has 0 aliphatic rings. The lowest BCUT2D eigenvalue weighted by Crippen LogP contribution is -2.49. The molecule has 0 heterocycles. The molecule has 3 amide bonds. The summed E-state index contributed by atoms with van der Waals surface area (Å²) in [5, 5.41) is 10.4. The largest absolute Gasteiger partial charge is 0.353 e. The van der Waals surface area contributed by atoms with E-state index in [0.29, 0.717) is 30.8 Å². The molecule has 4 aromatic rings. The summed E-state index contributed by atoms with van der Waals surface area (Å²) in [6, 6.07) is 28.6. The third-order valence-corrected chi connectivity index (χ3v) is 5.78. The van der Waals surface area contributed by atoms with Crippen molar-refractivity contribution in [3.8, 4) is 0 Å². The van der Waals surface area contributed by atoms with Crippen LogP contribution in [0, 0.1) is 0 Å². The Labute approximate surface area is 209 Å². The number of amides is 3. The monoisotopic (exact) mass is 480 g/mol. The highest BCUT2D eigenvalue weighted by Gasteiger charge is 2.23. The summed E-state index contributed by atoms with van der Waals surface area (Å²) in [5.41, 5.74) is 7.53. The van der Waals surface area contributed by atoms with Gasteiger partial charge in [0.1, 0.15) is 6.04 Å². The number of carbonyl (C=O) groups excluding carboxylic acids is 3. The van der Waals surface area contributed by atoms with E-state index in [1.165, 1.54) is 0 Å². The van der Waals surface area contributed by atoms with Crippen LogP contribution >= 0.6 is 0 Å². The molecule has 0 bridgehead atoms. The standard InChI is InChI=1S/C29H28N4O3/c30-16-17-31-29(36)26(18-20-8-2-1-3-9-20)33-28(35)24-12-6-7-13-25(24)32-27(34)23-15-14-21-10-4-5-11-22(21)19-23/h1-15,19,26H,16-18,30H2,(H,31,36)(H,32,34)(H,33,35). The second kappa shape index (κ2) is 11.8. The van der Waals surface area contributed by atoms with E-state index in [9.17, 15) is 14.4 Å². The minimum Gasteiger partial charge on any atom is -0.353 e. The Hall–Kier alpha value is -4.49. The van der Waals surface area contributed by atoms with Gasteiger partial charge in [-0.2, -0.15) is 0 Å². The van der Waals surface area contributed by atoms with Crippen molar-refractivity contribution in [2.45, 2.75) is 12.5 Å². The third-order valence-electron chi connectivity index (χ3n) is 5.78. The number of anilines is 1. The zero-order valence-electron chi connectivity index (χ0n) is 19.7. The van der Waals surface area contributed by atoms with Crippen LogP contribution in [0.25, 0.3) is 10.8 Å². The van der Waals surface area contributed by atoms with E-state index < -0.39 is 11.9 Å². The zero-order chi connectivity index (χ0) is 25.3. The lowest BCUT2D eigenvalue weighted by atomic mass is 10.0. The van der Waals surface area contributed by atoms with Gasteiger partial charge < -0.3 is 21.7 Å². The Bertz CT molecular complexity index is 1370. The third kappa shape index (κ3) is 6.14. The van der Waals surface area contributed by atoms with Gasteiger partial charge in [0.2, 0.25) is 5.91 Å². The number of benzene rings is 4. The van der Waals surface area contributed by atoms with Crippen LogP contribution < -0.4 is 21.7 Å². The zero-order valence-corrected chi connectivity index (χ0v) is 19.7. The fourth-order valence-electron chi connectivity index (χ4n) is 3.93. The topological polar surface area (TPSA) is 113 Å². The van der Waals surface area contributed by atoms with E-state index in [1.54, 1.807) is 30.3 Å². The van der Waals surface area contributed by atoms with Crippen LogP contribution in [-0.2, 0) is 11.2 Å². The maximum absolute atomic E-state index is 13.3. The van der Waals surface area contributed by atoms with Crippen molar-refractivity contribution in [2.75, 3.05) is 18.4 Å². The molecule has 0 saturated carbocycles. The van der Waals surface area contributed by atoms with Gasteiger partial charge in [0.05, 0.1) is 11.3 Å². The van der Waals surface area contributed by atoms with E-state index in [0.717, 1.165) is 16.3 Å². The molecule has 4 aromatic carbocycles. The molecule has 7 nitrogen and oxygen atoms in total. The Kier molecular flexibility index (Phi) is 8.05. The van der Waals surface area contributed by atoms with Crippen molar-refractivity contribution in [3.05, 3.63) is 114 Å². The second-order valence-electron chi connectivity index (χ2n) is 8.36. The van der Waals surface area contributed by atoms with Gasteiger partial charge in [-0.15, -0.1) is 0 Å². The molecule has 4 rings (SSSR count). The average molecular weight is 481 g/mol. The SMILES string of the molecule is NCCNC(=O)C(Cc1ccccc1)NC(=O)c1ccccc1NC(=O)c1ccc2ccccc2c1. The van der Waals surface area contributed by atoms with E-state index >= 15 is 0 Å². The first kappa shape index (κ1) is 24.6. The summed E-state index contributed by atoms with van der Waals surface area (Å²) in [6.07, 6.45) is 0.314. The van der Waals surface area contributed by atoms with Crippen molar-refractivity contribution in [3.63, 3.8) is 0 Å². The van der Waals surface area contributed by atoms with Crippen molar-refractivity contribution in [1.29, 1.82) is 0 Å². The van der Waals surface area contributed by atoms with E-state index in [1.807, 2.05) is 66.7 Å². The average Bonchev–Trinajstić information content (AvgIpc) is 2.91. The lowest BCUT2D eigenvalue weighted by Gasteiger charge is -2.20. The summed E-state index contributed by atoms with van der Waals surface area (Å²) >= 11 is 0. The molecule has 1 unspecified atom stereocenters. The van der Waals surface area contributed by atoms with Crippen molar-refractivity contribution >= 4 is 34.2 Å². The molecule has 0 saturated heterocycles. The van der Waals surface area contributed by atoms with Gasteiger partial charge in [0.15, 0.2) is 0 Å². The van der Waals surface area contributed by atoms with Crippen LogP contribution in [0.2, 0.25) is 0 Å². The van der Waals surface area contributed by atoms with E-state index in [4.69, 9.17) is 5.73 Å². The number of hydrogen-bond donors (Lipinski definition) is 4. The van der Waals surface area contributed by atoms with Crippen molar-refractivity contribution in [1.82, 2.24) is 10.6 Å². The van der Waals surface area contributed by atoms with E-state index in [-0.39, 0.29) is 17.4 Å².